The van der Waals surface area contributed by atoms with Crippen LogP contribution in [0.25, 0.3) is 0 Å². The molecule has 1 heterocycles. The summed E-state index contributed by atoms with van der Waals surface area (Å²) in [5.41, 5.74) is 1.01. The van der Waals surface area contributed by atoms with Gasteiger partial charge >= 0.3 is 0 Å². The van der Waals surface area contributed by atoms with Gasteiger partial charge in [-0.2, -0.15) is 0 Å². The number of hydrogen-bond donors (Lipinski definition) is 2. The van der Waals surface area contributed by atoms with Crippen molar-refractivity contribution in [3.05, 3.63) is 63.8 Å². The summed E-state index contributed by atoms with van der Waals surface area (Å²) in [7, 11) is 0. The van der Waals surface area contributed by atoms with Crippen molar-refractivity contribution >= 4 is 40.4 Å². The van der Waals surface area contributed by atoms with E-state index in [9.17, 15) is 9.59 Å². The molecule has 1 aromatic heterocycles. The molecule has 2 aromatic rings. The molecule has 2 amide bonds. The lowest BCUT2D eigenvalue weighted by molar-refractivity contribution is -0.117. The highest BCUT2D eigenvalue weighted by Gasteiger charge is 2.25. The van der Waals surface area contributed by atoms with Crippen LogP contribution in [0.15, 0.2) is 49.1 Å². The first-order valence-corrected chi connectivity index (χ1v) is 10.0. The molecule has 0 unspecified atom stereocenters. The number of rotatable bonds is 9. The van der Waals surface area contributed by atoms with Gasteiger partial charge in [0.15, 0.2) is 0 Å². The first-order chi connectivity index (χ1) is 13.0. The fourth-order valence-electron chi connectivity index (χ4n) is 2.70. The molecule has 1 aliphatic rings. The number of benzene rings is 1. The SMILES string of the molecule is C=CCN(CC(=O)Nc1ccccc1C(=O)NC1CC1)Cc1ccc(Cl)s1. The Morgan fingerprint density at radius 1 is 1.26 bits per heavy atom. The van der Waals surface area contributed by atoms with Gasteiger partial charge in [0.1, 0.15) is 0 Å². The molecule has 2 N–H and O–H groups in total. The monoisotopic (exact) mass is 403 g/mol. The summed E-state index contributed by atoms with van der Waals surface area (Å²) in [5.74, 6) is -0.323. The third kappa shape index (κ3) is 5.92. The zero-order valence-electron chi connectivity index (χ0n) is 14.9. The van der Waals surface area contributed by atoms with E-state index in [0.29, 0.717) is 24.3 Å². The predicted octanol–water partition coefficient (Wildman–Crippen LogP) is 3.92. The van der Waals surface area contributed by atoms with Crippen molar-refractivity contribution in [3.63, 3.8) is 0 Å². The number of amides is 2. The van der Waals surface area contributed by atoms with Crippen molar-refractivity contribution in [1.29, 1.82) is 0 Å². The molecule has 3 rings (SSSR count). The summed E-state index contributed by atoms with van der Waals surface area (Å²) in [4.78, 5) is 28.0. The number of thiophene rings is 1. The van der Waals surface area contributed by atoms with Crippen molar-refractivity contribution in [1.82, 2.24) is 10.2 Å². The van der Waals surface area contributed by atoms with E-state index in [-0.39, 0.29) is 24.4 Å². The molecular formula is C20H22ClN3O2S. The molecule has 0 bridgehead atoms. The van der Waals surface area contributed by atoms with Gasteiger partial charge in [-0.15, -0.1) is 17.9 Å². The zero-order chi connectivity index (χ0) is 19.2. The predicted molar refractivity (Wildman–Crippen MR) is 110 cm³/mol. The molecule has 1 fully saturated rings. The fourth-order valence-corrected chi connectivity index (χ4v) is 3.83. The van der Waals surface area contributed by atoms with Crippen LogP contribution in [0.1, 0.15) is 28.1 Å². The molecular weight excluding hydrogens is 382 g/mol. The standard InChI is InChI=1S/C20H22ClN3O2S/c1-2-11-24(12-15-9-10-18(21)27-15)13-19(25)23-17-6-4-3-5-16(17)20(26)22-14-7-8-14/h2-6,9-10,14H,1,7-8,11-13H2,(H,22,26)(H,23,25). The Hall–Kier alpha value is -2.15. The van der Waals surface area contributed by atoms with Gasteiger partial charge in [-0.3, -0.25) is 14.5 Å². The first kappa shape index (κ1) is 19.6. The van der Waals surface area contributed by atoms with Gasteiger partial charge in [0.25, 0.3) is 5.91 Å². The number of halogens is 1. The van der Waals surface area contributed by atoms with Crippen LogP contribution in [-0.4, -0.2) is 35.8 Å². The number of carbonyl (C=O) groups excluding carboxylic acids is 2. The number of para-hydroxylation sites is 1. The Bertz CT molecular complexity index is 832. The average molecular weight is 404 g/mol. The van der Waals surface area contributed by atoms with Gasteiger partial charge in [0.2, 0.25) is 5.91 Å². The van der Waals surface area contributed by atoms with Crippen molar-refractivity contribution in [2.75, 3.05) is 18.4 Å². The summed E-state index contributed by atoms with van der Waals surface area (Å²) < 4.78 is 0.726. The minimum absolute atomic E-state index is 0.149. The van der Waals surface area contributed by atoms with E-state index in [1.54, 1.807) is 30.3 Å². The maximum Gasteiger partial charge on any atom is 0.253 e. The van der Waals surface area contributed by atoms with Crippen molar-refractivity contribution in [2.45, 2.75) is 25.4 Å². The fraction of sp³-hybridized carbons (Fsp3) is 0.300. The second kappa shape index (κ2) is 9.17. The molecule has 142 valence electrons. The second-order valence-electron chi connectivity index (χ2n) is 6.51. The number of hydrogen-bond acceptors (Lipinski definition) is 4. The van der Waals surface area contributed by atoms with Crippen molar-refractivity contribution < 1.29 is 9.59 Å². The molecule has 1 aromatic carbocycles. The lowest BCUT2D eigenvalue weighted by Crippen LogP contribution is -2.33. The highest BCUT2D eigenvalue weighted by Crippen LogP contribution is 2.23. The Balaban J connectivity index is 1.63. The van der Waals surface area contributed by atoms with Crippen LogP contribution in [0, 0.1) is 0 Å². The van der Waals surface area contributed by atoms with E-state index >= 15 is 0 Å². The van der Waals surface area contributed by atoms with Crippen LogP contribution in [0.4, 0.5) is 5.69 Å². The average Bonchev–Trinajstić information content (AvgIpc) is 3.35. The Labute approximate surface area is 168 Å². The lowest BCUT2D eigenvalue weighted by Gasteiger charge is -2.20. The first-order valence-electron chi connectivity index (χ1n) is 8.82. The van der Waals surface area contributed by atoms with E-state index in [1.165, 1.54) is 11.3 Å². The molecule has 0 spiro atoms. The normalized spacial score (nSPS) is 13.4. The van der Waals surface area contributed by atoms with Crippen molar-refractivity contribution in [3.8, 4) is 0 Å². The van der Waals surface area contributed by atoms with E-state index in [4.69, 9.17) is 11.6 Å². The number of nitrogens with zero attached hydrogens (tertiary/aromatic N) is 1. The summed E-state index contributed by atoms with van der Waals surface area (Å²) in [6.45, 7) is 5.14. The molecule has 7 heteroatoms. The second-order valence-corrected chi connectivity index (χ2v) is 8.31. The third-order valence-electron chi connectivity index (χ3n) is 4.12. The topological polar surface area (TPSA) is 61.4 Å². The van der Waals surface area contributed by atoms with Crippen LogP contribution in [-0.2, 0) is 11.3 Å². The smallest absolute Gasteiger partial charge is 0.253 e. The van der Waals surface area contributed by atoms with Crippen molar-refractivity contribution in [2.24, 2.45) is 0 Å². The highest BCUT2D eigenvalue weighted by atomic mass is 35.5. The molecule has 1 aliphatic carbocycles. The Morgan fingerprint density at radius 3 is 2.70 bits per heavy atom. The Morgan fingerprint density at radius 2 is 2.04 bits per heavy atom. The van der Waals surface area contributed by atoms with Crippen LogP contribution in [0.2, 0.25) is 4.34 Å². The summed E-state index contributed by atoms with van der Waals surface area (Å²) in [5, 5.41) is 5.82. The van der Waals surface area contributed by atoms with Crippen LogP contribution in [0.5, 0.6) is 0 Å². The molecule has 5 nitrogen and oxygen atoms in total. The maximum atomic E-state index is 12.6. The molecule has 27 heavy (non-hydrogen) atoms. The largest absolute Gasteiger partial charge is 0.349 e. The zero-order valence-corrected chi connectivity index (χ0v) is 16.5. The van der Waals surface area contributed by atoms with Gasteiger partial charge in [0, 0.05) is 24.0 Å². The molecule has 1 saturated carbocycles. The maximum absolute atomic E-state index is 12.6. The Kier molecular flexibility index (Phi) is 6.66. The summed E-state index contributed by atoms with van der Waals surface area (Å²) >= 11 is 7.48. The minimum Gasteiger partial charge on any atom is -0.349 e. The van der Waals surface area contributed by atoms with Crippen LogP contribution in [0.3, 0.4) is 0 Å². The van der Waals surface area contributed by atoms with E-state index in [2.05, 4.69) is 17.2 Å². The third-order valence-corrected chi connectivity index (χ3v) is 5.34. The molecule has 0 aliphatic heterocycles. The quantitative estimate of drug-likeness (QED) is 0.624. The summed E-state index contributed by atoms with van der Waals surface area (Å²) in [6.07, 6.45) is 3.80. The van der Waals surface area contributed by atoms with Gasteiger partial charge in [-0.25, -0.2) is 0 Å². The number of anilines is 1. The van der Waals surface area contributed by atoms with Gasteiger partial charge in [-0.05, 0) is 37.1 Å². The number of carbonyl (C=O) groups is 2. The van der Waals surface area contributed by atoms with Gasteiger partial charge in [0.05, 0.1) is 22.1 Å². The highest BCUT2D eigenvalue weighted by molar-refractivity contribution is 7.16. The van der Waals surface area contributed by atoms with E-state index < -0.39 is 0 Å². The lowest BCUT2D eigenvalue weighted by atomic mass is 10.1. The molecule has 0 radical (unpaired) electrons. The molecule has 0 saturated heterocycles. The molecule has 0 atom stereocenters. The van der Waals surface area contributed by atoms with Gasteiger partial charge in [-0.1, -0.05) is 29.8 Å². The minimum atomic E-state index is -0.175. The van der Waals surface area contributed by atoms with E-state index in [1.807, 2.05) is 17.0 Å². The van der Waals surface area contributed by atoms with Crippen LogP contribution < -0.4 is 10.6 Å². The number of nitrogens with one attached hydrogen (secondary N) is 2. The van der Waals surface area contributed by atoms with Gasteiger partial charge < -0.3 is 10.6 Å². The summed E-state index contributed by atoms with van der Waals surface area (Å²) in [6, 6.07) is 11.1. The van der Waals surface area contributed by atoms with Crippen LogP contribution >= 0.6 is 22.9 Å². The van der Waals surface area contributed by atoms with E-state index in [0.717, 1.165) is 22.1 Å².